The van der Waals surface area contributed by atoms with E-state index in [4.69, 9.17) is 5.73 Å². The first-order valence-electron chi connectivity index (χ1n) is 7.83. The molecule has 1 aromatic rings. The molecule has 2 aliphatic rings. The summed E-state index contributed by atoms with van der Waals surface area (Å²) < 4.78 is 24.6. The molecule has 1 saturated carbocycles. The third-order valence-electron chi connectivity index (χ3n) is 5.01. The van der Waals surface area contributed by atoms with Crippen LogP contribution in [0.4, 0.5) is 5.69 Å². The van der Waals surface area contributed by atoms with Crippen molar-refractivity contribution in [3.05, 3.63) is 24.3 Å². The van der Waals surface area contributed by atoms with Crippen molar-refractivity contribution in [1.82, 2.24) is 0 Å². The van der Waals surface area contributed by atoms with Crippen LogP contribution in [0.3, 0.4) is 0 Å². The molecular formula is C16H24N2O2S. The molecule has 5 heteroatoms. The molecule has 0 amide bonds. The van der Waals surface area contributed by atoms with Crippen molar-refractivity contribution in [3.63, 3.8) is 0 Å². The summed E-state index contributed by atoms with van der Waals surface area (Å²) in [6.07, 6.45) is 3.35. The van der Waals surface area contributed by atoms with E-state index in [2.05, 4.69) is 4.90 Å². The zero-order valence-electron chi connectivity index (χ0n) is 12.5. The Morgan fingerprint density at radius 3 is 2.67 bits per heavy atom. The number of anilines is 1. The van der Waals surface area contributed by atoms with E-state index < -0.39 is 9.84 Å². The predicted molar refractivity (Wildman–Crippen MR) is 85.2 cm³/mol. The summed E-state index contributed by atoms with van der Waals surface area (Å²) in [4.78, 5) is 2.74. The van der Waals surface area contributed by atoms with Crippen LogP contribution in [0.1, 0.15) is 26.2 Å². The fraction of sp³-hybridized carbons (Fsp3) is 0.625. The first kappa shape index (κ1) is 14.9. The highest BCUT2D eigenvalue weighted by Crippen LogP contribution is 2.39. The van der Waals surface area contributed by atoms with Gasteiger partial charge in [-0.2, -0.15) is 0 Å². The molecule has 1 heterocycles. The molecule has 0 aromatic heterocycles. The number of nitrogens with two attached hydrogens (primary N) is 1. The molecule has 1 unspecified atom stereocenters. The number of para-hydroxylation sites is 1. The van der Waals surface area contributed by atoms with Gasteiger partial charge >= 0.3 is 0 Å². The predicted octanol–water partition coefficient (Wildman–Crippen LogP) is 2.04. The van der Waals surface area contributed by atoms with Gasteiger partial charge < -0.3 is 10.6 Å². The van der Waals surface area contributed by atoms with Gasteiger partial charge in [-0.05, 0) is 43.2 Å². The van der Waals surface area contributed by atoms with Gasteiger partial charge in [0.15, 0.2) is 9.84 Å². The molecule has 3 rings (SSSR count). The number of fused-ring (bicyclic) bond motifs is 1. The molecule has 0 bridgehead atoms. The van der Waals surface area contributed by atoms with Crippen molar-refractivity contribution in [3.8, 4) is 0 Å². The Kier molecular flexibility index (Phi) is 3.97. The molecule has 2 N–H and O–H groups in total. The fourth-order valence-electron chi connectivity index (χ4n) is 3.80. The normalized spacial score (nSPS) is 29.4. The van der Waals surface area contributed by atoms with E-state index in [0.717, 1.165) is 31.6 Å². The average molecular weight is 308 g/mol. The number of benzene rings is 1. The maximum atomic E-state index is 12.3. The summed E-state index contributed by atoms with van der Waals surface area (Å²) in [5.41, 5.74) is 6.96. The van der Waals surface area contributed by atoms with Crippen LogP contribution in [0.2, 0.25) is 0 Å². The van der Waals surface area contributed by atoms with E-state index >= 15 is 0 Å². The Labute approximate surface area is 127 Å². The van der Waals surface area contributed by atoms with E-state index in [1.807, 2.05) is 18.2 Å². The monoisotopic (exact) mass is 308 g/mol. The Bertz CT molecular complexity index is 614. The van der Waals surface area contributed by atoms with E-state index in [9.17, 15) is 8.42 Å². The van der Waals surface area contributed by atoms with E-state index in [0.29, 0.717) is 22.8 Å². The first-order valence-corrected chi connectivity index (χ1v) is 9.49. The Balaban J connectivity index is 1.89. The van der Waals surface area contributed by atoms with Crippen molar-refractivity contribution in [2.24, 2.45) is 17.6 Å². The first-order chi connectivity index (χ1) is 10.0. The minimum absolute atomic E-state index is 0.148. The molecule has 4 nitrogen and oxygen atoms in total. The second-order valence-corrected chi connectivity index (χ2v) is 8.62. The Morgan fingerprint density at radius 1 is 1.19 bits per heavy atom. The average Bonchev–Trinajstić information content (AvgIpc) is 2.90. The zero-order chi connectivity index (χ0) is 15.0. The van der Waals surface area contributed by atoms with Gasteiger partial charge in [0.1, 0.15) is 0 Å². The van der Waals surface area contributed by atoms with Crippen LogP contribution in [-0.4, -0.2) is 33.3 Å². The summed E-state index contributed by atoms with van der Waals surface area (Å²) in [6, 6.07) is 7.74. The molecule has 1 saturated heterocycles. The third kappa shape index (κ3) is 2.81. The number of rotatable bonds is 3. The number of nitrogens with zero attached hydrogens (tertiary/aromatic N) is 1. The van der Waals surface area contributed by atoms with E-state index in [1.54, 1.807) is 13.0 Å². The van der Waals surface area contributed by atoms with Crippen molar-refractivity contribution < 1.29 is 8.42 Å². The molecule has 0 spiro atoms. The summed E-state index contributed by atoms with van der Waals surface area (Å²) in [6.45, 7) is 3.61. The van der Waals surface area contributed by atoms with E-state index in [-0.39, 0.29) is 5.75 Å². The van der Waals surface area contributed by atoms with Gasteiger partial charge in [-0.1, -0.05) is 19.1 Å². The molecule has 2 fully saturated rings. The Morgan fingerprint density at radius 2 is 1.90 bits per heavy atom. The highest BCUT2D eigenvalue weighted by atomic mass is 32.2. The quantitative estimate of drug-likeness (QED) is 0.928. The summed E-state index contributed by atoms with van der Waals surface area (Å²) in [5.74, 6) is 1.43. The number of hydrogen-bond donors (Lipinski definition) is 1. The molecule has 1 aliphatic heterocycles. The molecule has 1 aliphatic carbocycles. The van der Waals surface area contributed by atoms with Crippen LogP contribution < -0.4 is 10.6 Å². The largest absolute Gasteiger partial charge is 0.370 e. The van der Waals surface area contributed by atoms with Crippen LogP contribution in [0.25, 0.3) is 0 Å². The molecule has 116 valence electrons. The summed E-state index contributed by atoms with van der Waals surface area (Å²) >= 11 is 0. The maximum Gasteiger partial charge on any atom is 0.180 e. The lowest BCUT2D eigenvalue weighted by Gasteiger charge is -2.27. The minimum atomic E-state index is -3.18. The molecule has 3 atom stereocenters. The Hall–Kier alpha value is -1.07. The van der Waals surface area contributed by atoms with Gasteiger partial charge in [-0.15, -0.1) is 0 Å². The van der Waals surface area contributed by atoms with E-state index in [1.165, 1.54) is 6.42 Å². The van der Waals surface area contributed by atoms with Crippen molar-refractivity contribution in [2.45, 2.75) is 37.1 Å². The molecule has 21 heavy (non-hydrogen) atoms. The van der Waals surface area contributed by atoms with Crippen LogP contribution >= 0.6 is 0 Å². The highest BCUT2D eigenvalue weighted by Gasteiger charge is 2.37. The number of hydrogen-bond acceptors (Lipinski definition) is 4. The highest BCUT2D eigenvalue weighted by molar-refractivity contribution is 7.91. The third-order valence-corrected chi connectivity index (χ3v) is 6.79. The van der Waals surface area contributed by atoms with Gasteiger partial charge in [-0.3, -0.25) is 0 Å². The molecule has 0 radical (unpaired) electrons. The lowest BCUT2D eigenvalue weighted by Crippen LogP contribution is -2.32. The van der Waals surface area contributed by atoms with Crippen LogP contribution in [0.5, 0.6) is 0 Å². The fourth-order valence-corrected chi connectivity index (χ4v) is 4.91. The molecular weight excluding hydrogens is 284 g/mol. The SMILES string of the molecule is CCS(=O)(=O)c1ccccc1N1C[C@H]2CCC(N)C[C@H]2C1. The van der Waals surface area contributed by atoms with Gasteiger partial charge in [-0.25, -0.2) is 8.42 Å². The number of sulfone groups is 1. The van der Waals surface area contributed by atoms with Gasteiger partial charge in [0, 0.05) is 19.1 Å². The smallest absolute Gasteiger partial charge is 0.180 e. The standard InChI is InChI=1S/C16H24N2O2S/c1-2-21(19,20)16-6-4-3-5-15(16)18-10-12-7-8-14(17)9-13(12)11-18/h3-6,12-14H,2,7-11,17H2,1H3/t12-,13+,14?/m1/s1. The summed E-state index contributed by atoms with van der Waals surface area (Å²) in [7, 11) is -3.18. The van der Waals surface area contributed by atoms with Gasteiger partial charge in [0.25, 0.3) is 0 Å². The topological polar surface area (TPSA) is 63.4 Å². The van der Waals surface area contributed by atoms with Crippen LogP contribution in [0, 0.1) is 11.8 Å². The van der Waals surface area contributed by atoms with Crippen molar-refractivity contribution in [1.29, 1.82) is 0 Å². The zero-order valence-corrected chi connectivity index (χ0v) is 13.3. The lowest BCUT2D eigenvalue weighted by atomic mass is 9.79. The lowest BCUT2D eigenvalue weighted by molar-refractivity contribution is 0.271. The maximum absolute atomic E-state index is 12.3. The van der Waals surface area contributed by atoms with Crippen molar-refractivity contribution >= 4 is 15.5 Å². The van der Waals surface area contributed by atoms with Crippen LogP contribution in [0.15, 0.2) is 29.2 Å². The summed E-state index contributed by atoms with van der Waals surface area (Å²) in [5, 5.41) is 0. The van der Waals surface area contributed by atoms with Crippen molar-refractivity contribution in [2.75, 3.05) is 23.7 Å². The second-order valence-electron chi connectivity index (χ2n) is 6.37. The second kappa shape index (κ2) is 5.61. The molecule has 1 aromatic carbocycles. The van der Waals surface area contributed by atoms with Gasteiger partial charge in [0.2, 0.25) is 0 Å². The van der Waals surface area contributed by atoms with Gasteiger partial charge in [0.05, 0.1) is 16.3 Å². The van der Waals surface area contributed by atoms with Crippen LogP contribution in [-0.2, 0) is 9.84 Å². The minimum Gasteiger partial charge on any atom is -0.370 e.